The van der Waals surface area contributed by atoms with Crippen molar-refractivity contribution in [2.45, 2.75) is 63.5 Å². The molecule has 0 unspecified atom stereocenters. The number of rotatable bonds is 5. The van der Waals surface area contributed by atoms with E-state index in [0.29, 0.717) is 17.6 Å². The molecule has 0 radical (unpaired) electrons. The van der Waals surface area contributed by atoms with E-state index in [9.17, 15) is 4.79 Å². The quantitative estimate of drug-likeness (QED) is 0.549. The Kier molecular flexibility index (Phi) is 6.15. The largest absolute Gasteiger partial charge is 0.351 e. The van der Waals surface area contributed by atoms with E-state index in [4.69, 9.17) is 0 Å². The predicted octanol–water partition coefficient (Wildman–Crippen LogP) is 5.70. The molecule has 0 spiro atoms. The Morgan fingerprint density at radius 2 is 1.66 bits per heavy atom. The maximum Gasteiger partial charge on any atom is 0.251 e. The number of carbonyl (C=O) groups is 1. The van der Waals surface area contributed by atoms with Gasteiger partial charge in [-0.2, -0.15) is 0 Å². The van der Waals surface area contributed by atoms with Crippen LogP contribution in [0.3, 0.4) is 0 Å². The van der Waals surface area contributed by atoms with E-state index in [-0.39, 0.29) is 11.9 Å². The van der Waals surface area contributed by atoms with Crippen molar-refractivity contribution in [2.75, 3.05) is 5.32 Å². The molecule has 32 heavy (non-hydrogen) atoms. The summed E-state index contributed by atoms with van der Waals surface area (Å²) in [6.07, 6.45) is 13.1. The van der Waals surface area contributed by atoms with Gasteiger partial charge in [0, 0.05) is 29.6 Å². The lowest BCUT2D eigenvalue weighted by molar-refractivity contribution is 0.0933. The SMILES string of the molecule is O=C(N[C@@H]1CCCc2ccccc21)c1cccc(-c2cnc(NC3CCCCC3)nc2)c1. The fourth-order valence-electron chi connectivity index (χ4n) is 4.97. The van der Waals surface area contributed by atoms with Gasteiger partial charge in [0.15, 0.2) is 0 Å². The monoisotopic (exact) mass is 426 g/mol. The average molecular weight is 427 g/mol. The molecule has 5 heteroatoms. The Labute approximate surface area is 189 Å². The lowest BCUT2D eigenvalue weighted by Gasteiger charge is -2.26. The molecule has 1 atom stereocenters. The summed E-state index contributed by atoms with van der Waals surface area (Å²) in [5.74, 6) is 0.649. The number of aryl methyl sites for hydroxylation is 1. The van der Waals surface area contributed by atoms with Crippen molar-refractivity contribution < 1.29 is 4.79 Å². The Hall–Kier alpha value is -3.21. The summed E-state index contributed by atoms with van der Waals surface area (Å²) in [7, 11) is 0. The van der Waals surface area contributed by atoms with Gasteiger partial charge in [0.25, 0.3) is 5.91 Å². The second-order valence-electron chi connectivity index (χ2n) is 8.97. The van der Waals surface area contributed by atoms with Gasteiger partial charge >= 0.3 is 0 Å². The van der Waals surface area contributed by atoms with Crippen molar-refractivity contribution >= 4 is 11.9 Å². The number of nitrogens with zero attached hydrogens (tertiary/aromatic N) is 2. The summed E-state index contributed by atoms with van der Waals surface area (Å²) in [6, 6.07) is 16.7. The first-order valence-corrected chi connectivity index (χ1v) is 11.8. The lowest BCUT2D eigenvalue weighted by atomic mass is 9.87. The van der Waals surface area contributed by atoms with E-state index in [0.717, 1.165) is 30.4 Å². The van der Waals surface area contributed by atoms with Crippen LogP contribution in [0.2, 0.25) is 0 Å². The maximum atomic E-state index is 13.0. The van der Waals surface area contributed by atoms with E-state index in [2.05, 4.69) is 44.9 Å². The van der Waals surface area contributed by atoms with Crippen LogP contribution in [0.1, 0.15) is 72.5 Å². The van der Waals surface area contributed by atoms with Crippen molar-refractivity contribution in [2.24, 2.45) is 0 Å². The van der Waals surface area contributed by atoms with Crippen LogP contribution in [0.25, 0.3) is 11.1 Å². The third kappa shape index (κ3) is 4.67. The van der Waals surface area contributed by atoms with Gasteiger partial charge in [-0.3, -0.25) is 4.79 Å². The molecule has 164 valence electrons. The third-order valence-corrected chi connectivity index (χ3v) is 6.72. The number of aromatic nitrogens is 2. The highest BCUT2D eigenvalue weighted by Crippen LogP contribution is 2.30. The first-order chi connectivity index (χ1) is 15.8. The Bertz CT molecular complexity index is 1070. The van der Waals surface area contributed by atoms with Gasteiger partial charge in [0.1, 0.15) is 0 Å². The number of fused-ring (bicyclic) bond motifs is 1. The first-order valence-electron chi connectivity index (χ1n) is 11.8. The van der Waals surface area contributed by atoms with Crippen LogP contribution in [0, 0.1) is 0 Å². The Morgan fingerprint density at radius 1 is 0.844 bits per heavy atom. The highest BCUT2D eigenvalue weighted by atomic mass is 16.1. The van der Waals surface area contributed by atoms with E-state index in [1.165, 1.54) is 43.2 Å². The van der Waals surface area contributed by atoms with Crippen LogP contribution in [0.5, 0.6) is 0 Å². The molecule has 1 saturated carbocycles. The van der Waals surface area contributed by atoms with Crippen LogP contribution < -0.4 is 10.6 Å². The van der Waals surface area contributed by atoms with Crippen LogP contribution in [0.15, 0.2) is 60.9 Å². The van der Waals surface area contributed by atoms with Gasteiger partial charge in [0.05, 0.1) is 6.04 Å². The predicted molar refractivity (Wildman–Crippen MR) is 128 cm³/mol. The van der Waals surface area contributed by atoms with Crippen molar-refractivity contribution in [3.63, 3.8) is 0 Å². The number of nitrogens with one attached hydrogen (secondary N) is 2. The van der Waals surface area contributed by atoms with E-state index in [1.807, 2.05) is 36.7 Å². The minimum absolute atomic E-state index is 0.0370. The van der Waals surface area contributed by atoms with Crippen molar-refractivity contribution in [3.8, 4) is 11.1 Å². The van der Waals surface area contributed by atoms with E-state index in [1.54, 1.807) is 0 Å². The molecule has 0 bridgehead atoms. The number of carbonyl (C=O) groups excluding carboxylic acids is 1. The Morgan fingerprint density at radius 3 is 2.50 bits per heavy atom. The van der Waals surface area contributed by atoms with E-state index >= 15 is 0 Å². The molecule has 2 aliphatic rings. The molecule has 3 aromatic rings. The molecule has 2 N–H and O–H groups in total. The minimum atomic E-state index is -0.0370. The molecule has 2 aliphatic carbocycles. The zero-order valence-electron chi connectivity index (χ0n) is 18.4. The van der Waals surface area contributed by atoms with Crippen LogP contribution in [0.4, 0.5) is 5.95 Å². The zero-order valence-corrected chi connectivity index (χ0v) is 18.4. The number of benzene rings is 2. The number of hydrogen-bond acceptors (Lipinski definition) is 4. The molecule has 2 aromatic carbocycles. The van der Waals surface area contributed by atoms with Gasteiger partial charge < -0.3 is 10.6 Å². The normalized spacial score (nSPS) is 18.6. The van der Waals surface area contributed by atoms with Crippen molar-refractivity contribution in [1.82, 2.24) is 15.3 Å². The highest BCUT2D eigenvalue weighted by Gasteiger charge is 2.22. The minimum Gasteiger partial charge on any atom is -0.351 e. The van der Waals surface area contributed by atoms with Crippen molar-refractivity contribution in [1.29, 1.82) is 0 Å². The molecule has 0 aliphatic heterocycles. The van der Waals surface area contributed by atoms with E-state index < -0.39 is 0 Å². The molecule has 5 nitrogen and oxygen atoms in total. The molecule has 1 heterocycles. The summed E-state index contributed by atoms with van der Waals surface area (Å²) < 4.78 is 0. The van der Waals surface area contributed by atoms with Crippen molar-refractivity contribution in [3.05, 3.63) is 77.6 Å². The summed E-state index contributed by atoms with van der Waals surface area (Å²) in [4.78, 5) is 22.1. The number of anilines is 1. The summed E-state index contributed by atoms with van der Waals surface area (Å²) in [5.41, 5.74) is 5.12. The molecule has 1 aromatic heterocycles. The topological polar surface area (TPSA) is 66.9 Å². The molecule has 5 rings (SSSR count). The van der Waals surface area contributed by atoms with Gasteiger partial charge in [-0.25, -0.2) is 9.97 Å². The summed E-state index contributed by atoms with van der Waals surface area (Å²) in [6.45, 7) is 0. The fourth-order valence-corrected chi connectivity index (χ4v) is 4.97. The maximum absolute atomic E-state index is 13.0. The van der Waals surface area contributed by atoms with Crippen LogP contribution in [-0.2, 0) is 6.42 Å². The third-order valence-electron chi connectivity index (χ3n) is 6.72. The zero-order chi connectivity index (χ0) is 21.8. The fraction of sp³-hybridized carbons (Fsp3) is 0.370. The summed E-state index contributed by atoms with van der Waals surface area (Å²) in [5, 5.41) is 6.70. The number of hydrogen-bond donors (Lipinski definition) is 2. The van der Waals surface area contributed by atoms with Gasteiger partial charge in [-0.15, -0.1) is 0 Å². The molecular weight excluding hydrogens is 396 g/mol. The smallest absolute Gasteiger partial charge is 0.251 e. The first kappa shape index (κ1) is 20.7. The van der Waals surface area contributed by atoms with Gasteiger partial charge in [-0.1, -0.05) is 55.7 Å². The van der Waals surface area contributed by atoms with Crippen LogP contribution in [-0.4, -0.2) is 21.9 Å². The molecule has 0 saturated heterocycles. The average Bonchev–Trinajstić information content (AvgIpc) is 2.85. The Balaban J connectivity index is 1.28. The second-order valence-corrected chi connectivity index (χ2v) is 8.97. The number of amides is 1. The van der Waals surface area contributed by atoms with Crippen LogP contribution >= 0.6 is 0 Å². The van der Waals surface area contributed by atoms with Gasteiger partial charge in [-0.05, 0) is 60.9 Å². The van der Waals surface area contributed by atoms with Gasteiger partial charge in [0.2, 0.25) is 5.95 Å². The molecule has 1 amide bonds. The molecular formula is C27H30N4O. The second kappa shape index (κ2) is 9.51. The highest BCUT2D eigenvalue weighted by molar-refractivity contribution is 5.95. The summed E-state index contributed by atoms with van der Waals surface area (Å²) >= 11 is 0. The molecule has 1 fully saturated rings. The standard InChI is InChI=1S/C27H30N4O/c32-26(31-25-15-7-9-19-8-4-5-14-24(19)25)21-11-6-10-20(16-21)22-17-28-27(29-18-22)30-23-12-2-1-3-13-23/h4-6,8,10-11,14,16-18,23,25H,1-3,7,9,12-13,15H2,(H,31,32)(H,28,29,30)/t25-/m1/s1. The lowest BCUT2D eigenvalue weighted by Crippen LogP contribution is -2.30.